The molecule has 1 aromatic carbocycles. The maximum absolute atomic E-state index is 6.10. The number of benzene rings is 1. The lowest BCUT2D eigenvalue weighted by molar-refractivity contribution is 0.462. The third kappa shape index (κ3) is 5.89. The predicted octanol–water partition coefficient (Wildman–Crippen LogP) is 2.91. The van der Waals surface area contributed by atoms with Crippen LogP contribution < -0.4 is 27.2 Å². The standard InChI is InChI=1S/C17H30N6S/c1-17(2,3)22-24-13-9-10-15(14(11-13)16(18)21-23-19)20-12-7-5-4-6-8-12/h9-12,20,22-23H,4-8,19H2,1-3H3,(H2,18,21). The lowest BCUT2D eigenvalue weighted by Gasteiger charge is -2.25. The molecule has 24 heavy (non-hydrogen) atoms. The van der Waals surface area contributed by atoms with Crippen LogP contribution >= 0.6 is 11.9 Å². The van der Waals surface area contributed by atoms with Crippen LogP contribution in [0.1, 0.15) is 58.4 Å². The van der Waals surface area contributed by atoms with E-state index in [1.165, 1.54) is 32.1 Å². The molecule has 0 atom stereocenters. The van der Waals surface area contributed by atoms with Crippen molar-refractivity contribution in [2.24, 2.45) is 16.7 Å². The number of hydrogen-bond donors (Lipinski definition) is 5. The fourth-order valence-corrected chi connectivity index (χ4v) is 3.47. The molecule has 1 fully saturated rings. The molecule has 1 saturated carbocycles. The second kappa shape index (κ2) is 8.60. The van der Waals surface area contributed by atoms with Gasteiger partial charge in [-0.15, -0.1) is 5.10 Å². The summed E-state index contributed by atoms with van der Waals surface area (Å²) in [7, 11) is 0. The number of amidine groups is 1. The van der Waals surface area contributed by atoms with Gasteiger partial charge in [-0.2, -0.15) is 0 Å². The van der Waals surface area contributed by atoms with E-state index in [-0.39, 0.29) is 5.54 Å². The first-order chi connectivity index (χ1) is 11.4. The van der Waals surface area contributed by atoms with E-state index in [4.69, 9.17) is 11.6 Å². The SMILES string of the molecule is CC(C)(C)NSc1ccc(NC2CCCCC2)c(/C(N)=N/NN)c1. The second-order valence-corrected chi connectivity index (χ2v) is 8.15. The topological polar surface area (TPSA) is 100 Å². The second-order valence-electron chi connectivity index (χ2n) is 7.27. The first kappa shape index (κ1) is 18.9. The monoisotopic (exact) mass is 350 g/mol. The summed E-state index contributed by atoms with van der Waals surface area (Å²) in [4.78, 5) is 1.09. The van der Waals surface area contributed by atoms with Crippen molar-refractivity contribution >= 4 is 23.5 Å². The molecule has 0 aromatic heterocycles. The molecule has 7 heteroatoms. The first-order valence-corrected chi connectivity index (χ1v) is 9.34. The molecular formula is C17H30N6S. The number of nitrogens with one attached hydrogen (secondary N) is 3. The van der Waals surface area contributed by atoms with Gasteiger partial charge in [-0.1, -0.05) is 19.3 Å². The molecule has 0 bridgehead atoms. The maximum atomic E-state index is 6.10. The Hall–Kier alpha value is -1.44. The highest BCUT2D eigenvalue weighted by Crippen LogP contribution is 2.27. The van der Waals surface area contributed by atoms with Gasteiger partial charge in [0.15, 0.2) is 5.84 Å². The van der Waals surface area contributed by atoms with Crippen LogP contribution in [0.5, 0.6) is 0 Å². The molecule has 0 saturated heterocycles. The van der Waals surface area contributed by atoms with Gasteiger partial charge in [0.25, 0.3) is 0 Å². The van der Waals surface area contributed by atoms with Crippen LogP contribution in [0.4, 0.5) is 5.69 Å². The van der Waals surface area contributed by atoms with Gasteiger partial charge in [-0.05, 0) is 63.8 Å². The molecule has 6 nitrogen and oxygen atoms in total. The smallest absolute Gasteiger partial charge is 0.154 e. The Balaban J connectivity index is 2.20. The minimum absolute atomic E-state index is 0.0301. The van der Waals surface area contributed by atoms with Gasteiger partial charge < -0.3 is 11.1 Å². The zero-order valence-corrected chi connectivity index (χ0v) is 15.7. The number of nitrogens with two attached hydrogens (primary N) is 2. The third-order valence-electron chi connectivity index (χ3n) is 3.89. The molecule has 0 amide bonds. The predicted molar refractivity (Wildman–Crippen MR) is 104 cm³/mol. The van der Waals surface area contributed by atoms with Crippen LogP contribution in [-0.2, 0) is 0 Å². The van der Waals surface area contributed by atoms with Gasteiger partial charge in [0.2, 0.25) is 0 Å². The van der Waals surface area contributed by atoms with Crippen molar-refractivity contribution in [1.82, 2.24) is 10.3 Å². The van der Waals surface area contributed by atoms with E-state index in [1.54, 1.807) is 11.9 Å². The van der Waals surface area contributed by atoms with Crippen molar-refractivity contribution in [2.45, 2.75) is 69.4 Å². The summed E-state index contributed by atoms with van der Waals surface area (Å²) in [5.74, 6) is 5.68. The largest absolute Gasteiger partial charge is 0.382 e. The van der Waals surface area contributed by atoms with Crippen molar-refractivity contribution in [3.63, 3.8) is 0 Å². The van der Waals surface area contributed by atoms with Crippen LogP contribution in [0.3, 0.4) is 0 Å². The van der Waals surface area contributed by atoms with E-state index in [1.807, 2.05) is 6.07 Å². The fourth-order valence-electron chi connectivity index (χ4n) is 2.73. The molecule has 1 aliphatic rings. The molecule has 1 aromatic rings. The summed E-state index contributed by atoms with van der Waals surface area (Å²) in [6.45, 7) is 6.40. The average molecular weight is 351 g/mol. The van der Waals surface area contributed by atoms with Gasteiger partial charge in [-0.3, -0.25) is 4.72 Å². The summed E-state index contributed by atoms with van der Waals surface area (Å²) < 4.78 is 3.41. The number of hydrazone groups is 1. The van der Waals surface area contributed by atoms with Crippen LogP contribution in [0.2, 0.25) is 0 Å². The highest BCUT2D eigenvalue weighted by atomic mass is 32.2. The number of nitrogens with zero attached hydrogens (tertiary/aromatic N) is 1. The maximum Gasteiger partial charge on any atom is 0.154 e. The molecular weight excluding hydrogens is 320 g/mol. The molecule has 0 radical (unpaired) electrons. The summed E-state index contributed by atoms with van der Waals surface area (Å²) in [6.07, 6.45) is 6.30. The molecule has 0 aliphatic heterocycles. The number of rotatable bonds is 6. The van der Waals surface area contributed by atoms with Gasteiger partial charge in [-0.25, -0.2) is 11.4 Å². The van der Waals surface area contributed by atoms with Gasteiger partial charge >= 0.3 is 0 Å². The number of anilines is 1. The minimum Gasteiger partial charge on any atom is -0.382 e. The van der Waals surface area contributed by atoms with Crippen molar-refractivity contribution in [2.75, 3.05) is 5.32 Å². The quantitative estimate of drug-likeness (QED) is 0.178. The Morgan fingerprint density at radius 3 is 2.54 bits per heavy atom. The van der Waals surface area contributed by atoms with E-state index in [0.717, 1.165) is 16.1 Å². The Morgan fingerprint density at radius 1 is 1.21 bits per heavy atom. The fraction of sp³-hybridized carbons (Fsp3) is 0.588. The molecule has 7 N–H and O–H groups in total. The van der Waals surface area contributed by atoms with Crippen molar-refractivity contribution in [1.29, 1.82) is 0 Å². The minimum atomic E-state index is 0.0301. The van der Waals surface area contributed by atoms with E-state index in [2.05, 4.69) is 53.6 Å². The summed E-state index contributed by atoms with van der Waals surface area (Å²) in [6, 6.07) is 6.73. The molecule has 134 valence electrons. The summed E-state index contributed by atoms with van der Waals surface area (Å²) in [5, 5.41) is 7.58. The number of hydrazine groups is 1. The normalized spacial score (nSPS) is 16.9. The molecule has 0 unspecified atom stereocenters. The van der Waals surface area contributed by atoms with Crippen molar-refractivity contribution in [3.05, 3.63) is 23.8 Å². The highest BCUT2D eigenvalue weighted by Gasteiger charge is 2.17. The number of hydrogen-bond acceptors (Lipinski definition) is 6. The lowest BCUT2D eigenvalue weighted by Crippen LogP contribution is -2.30. The summed E-state index contributed by atoms with van der Waals surface area (Å²) >= 11 is 1.59. The molecule has 0 spiro atoms. The van der Waals surface area contributed by atoms with Gasteiger partial charge in [0.05, 0.1) is 0 Å². The van der Waals surface area contributed by atoms with Crippen molar-refractivity contribution < 1.29 is 0 Å². The summed E-state index contributed by atoms with van der Waals surface area (Å²) in [5.41, 5.74) is 10.3. The molecule has 1 aliphatic carbocycles. The van der Waals surface area contributed by atoms with Crippen LogP contribution in [-0.4, -0.2) is 17.4 Å². The van der Waals surface area contributed by atoms with Gasteiger partial charge in [0, 0.05) is 27.7 Å². The molecule has 0 heterocycles. The molecule has 2 rings (SSSR count). The Labute approximate surface area is 149 Å². The Kier molecular flexibility index (Phi) is 6.77. The van der Waals surface area contributed by atoms with Crippen molar-refractivity contribution in [3.8, 4) is 0 Å². The lowest BCUT2D eigenvalue weighted by atomic mass is 9.95. The van der Waals surface area contributed by atoms with Crippen LogP contribution in [0, 0.1) is 0 Å². The van der Waals surface area contributed by atoms with Crippen LogP contribution in [0.15, 0.2) is 28.2 Å². The Morgan fingerprint density at radius 2 is 1.92 bits per heavy atom. The van der Waals surface area contributed by atoms with E-state index < -0.39 is 0 Å². The van der Waals surface area contributed by atoms with Gasteiger partial charge in [0.1, 0.15) is 0 Å². The Bertz CT molecular complexity index is 561. The zero-order valence-electron chi connectivity index (χ0n) is 14.9. The van der Waals surface area contributed by atoms with E-state index >= 15 is 0 Å². The van der Waals surface area contributed by atoms with E-state index in [0.29, 0.717) is 11.9 Å². The zero-order chi connectivity index (χ0) is 17.6. The third-order valence-corrected chi connectivity index (χ3v) is 5.10. The highest BCUT2D eigenvalue weighted by molar-refractivity contribution is 7.97. The average Bonchev–Trinajstić information content (AvgIpc) is 2.54. The van der Waals surface area contributed by atoms with Crippen LogP contribution in [0.25, 0.3) is 0 Å². The van der Waals surface area contributed by atoms with E-state index in [9.17, 15) is 0 Å². The first-order valence-electron chi connectivity index (χ1n) is 8.53.